The summed E-state index contributed by atoms with van der Waals surface area (Å²) in [7, 11) is 0. The third-order valence-electron chi connectivity index (χ3n) is 6.18. The first-order valence-corrected chi connectivity index (χ1v) is 11.2. The Bertz CT molecular complexity index is 1260. The van der Waals surface area contributed by atoms with Crippen LogP contribution in [0.15, 0.2) is 48.4 Å². The van der Waals surface area contributed by atoms with Crippen molar-refractivity contribution < 1.29 is 14.0 Å². The molecule has 3 heterocycles. The SMILES string of the molecule is CCN1C(=CC=C2OCC[n+]3c2n(CC)c2cc(Cl)ccc23)Oc2cc(C)c(C)cc21. The Morgan fingerprint density at radius 1 is 1.06 bits per heavy atom. The molecule has 0 aliphatic carbocycles. The van der Waals surface area contributed by atoms with Gasteiger partial charge in [-0.2, -0.15) is 0 Å². The van der Waals surface area contributed by atoms with Crippen molar-refractivity contribution in [1.29, 1.82) is 0 Å². The Kier molecular flexibility index (Phi) is 4.94. The Morgan fingerprint density at radius 3 is 2.65 bits per heavy atom. The van der Waals surface area contributed by atoms with E-state index in [0.29, 0.717) is 6.61 Å². The maximum absolute atomic E-state index is 6.29. The molecule has 31 heavy (non-hydrogen) atoms. The summed E-state index contributed by atoms with van der Waals surface area (Å²) >= 11 is 6.29. The summed E-state index contributed by atoms with van der Waals surface area (Å²) in [5.74, 6) is 3.63. The highest BCUT2D eigenvalue weighted by atomic mass is 35.5. The van der Waals surface area contributed by atoms with Crippen LogP contribution in [0.25, 0.3) is 16.8 Å². The fraction of sp³-hybridized carbons (Fsp3) is 0.320. The van der Waals surface area contributed by atoms with Gasteiger partial charge in [0, 0.05) is 23.7 Å². The molecule has 0 atom stereocenters. The number of rotatable bonds is 3. The number of nitrogens with zero attached hydrogens (tertiary/aromatic N) is 3. The maximum Gasteiger partial charge on any atom is 0.325 e. The average molecular weight is 437 g/mol. The molecule has 2 aromatic carbocycles. The fourth-order valence-electron chi connectivity index (χ4n) is 4.51. The molecule has 3 aromatic rings. The molecule has 0 bridgehead atoms. The Hall–Kier alpha value is -2.92. The fourth-order valence-corrected chi connectivity index (χ4v) is 4.68. The molecule has 160 valence electrons. The zero-order valence-electron chi connectivity index (χ0n) is 18.4. The molecule has 2 aliphatic heterocycles. The number of aromatic nitrogens is 2. The van der Waals surface area contributed by atoms with Crippen LogP contribution in [0.2, 0.25) is 5.02 Å². The van der Waals surface area contributed by atoms with Crippen LogP contribution in [0.5, 0.6) is 5.75 Å². The van der Waals surface area contributed by atoms with Crippen LogP contribution in [0, 0.1) is 13.8 Å². The number of hydrogen-bond acceptors (Lipinski definition) is 3. The van der Waals surface area contributed by atoms with Crippen molar-refractivity contribution in [2.45, 2.75) is 40.8 Å². The zero-order chi connectivity index (χ0) is 21.7. The van der Waals surface area contributed by atoms with Gasteiger partial charge in [0.2, 0.25) is 11.6 Å². The van der Waals surface area contributed by atoms with E-state index in [0.717, 1.165) is 59.1 Å². The highest BCUT2D eigenvalue weighted by molar-refractivity contribution is 6.31. The van der Waals surface area contributed by atoms with Crippen LogP contribution in [0.4, 0.5) is 5.69 Å². The van der Waals surface area contributed by atoms with Gasteiger partial charge >= 0.3 is 5.82 Å². The van der Waals surface area contributed by atoms with E-state index in [9.17, 15) is 0 Å². The van der Waals surface area contributed by atoms with Crippen LogP contribution in [0.3, 0.4) is 0 Å². The van der Waals surface area contributed by atoms with Crippen molar-refractivity contribution in [2.75, 3.05) is 18.1 Å². The van der Waals surface area contributed by atoms with Gasteiger partial charge in [-0.1, -0.05) is 11.6 Å². The largest absolute Gasteiger partial charge is 0.482 e. The van der Waals surface area contributed by atoms with E-state index in [1.807, 2.05) is 24.3 Å². The second-order valence-corrected chi connectivity index (χ2v) is 8.42. The monoisotopic (exact) mass is 436 g/mol. The number of allylic oxidation sites excluding steroid dienone is 2. The van der Waals surface area contributed by atoms with Gasteiger partial charge in [0.25, 0.3) is 0 Å². The molecule has 0 N–H and O–H groups in total. The van der Waals surface area contributed by atoms with Crippen LogP contribution >= 0.6 is 11.6 Å². The van der Waals surface area contributed by atoms with Gasteiger partial charge in [0.05, 0.1) is 12.2 Å². The van der Waals surface area contributed by atoms with Crippen LogP contribution in [-0.2, 0) is 17.8 Å². The lowest BCUT2D eigenvalue weighted by Gasteiger charge is -2.17. The number of anilines is 1. The summed E-state index contributed by atoms with van der Waals surface area (Å²) in [6.07, 6.45) is 4.05. The Balaban J connectivity index is 1.59. The van der Waals surface area contributed by atoms with Gasteiger partial charge in [0.15, 0.2) is 16.8 Å². The lowest BCUT2D eigenvalue weighted by molar-refractivity contribution is -0.682. The molecule has 1 aromatic heterocycles. The topological polar surface area (TPSA) is 30.5 Å². The summed E-state index contributed by atoms with van der Waals surface area (Å²) < 4.78 is 16.9. The van der Waals surface area contributed by atoms with Crippen molar-refractivity contribution in [3.05, 3.63) is 70.3 Å². The van der Waals surface area contributed by atoms with Gasteiger partial charge in [0.1, 0.15) is 13.2 Å². The van der Waals surface area contributed by atoms with E-state index in [1.54, 1.807) is 0 Å². The molecule has 0 saturated carbocycles. The molecule has 5 rings (SSSR count). The van der Waals surface area contributed by atoms with E-state index in [1.165, 1.54) is 16.6 Å². The molecule has 2 aliphatic rings. The van der Waals surface area contributed by atoms with Gasteiger partial charge in [-0.05, 0) is 69.2 Å². The van der Waals surface area contributed by atoms with Gasteiger partial charge in [-0.3, -0.25) is 0 Å². The predicted octanol–water partition coefficient (Wildman–Crippen LogP) is 5.35. The van der Waals surface area contributed by atoms with Crippen molar-refractivity contribution in [1.82, 2.24) is 4.57 Å². The molecule has 0 amide bonds. The molecule has 0 saturated heterocycles. The summed E-state index contributed by atoms with van der Waals surface area (Å²) in [6.45, 7) is 11.6. The van der Waals surface area contributed by atoms with Gasteiger partial charge in [-0.15, -0.1) is 0 Å². The molecular formula is C25H27ClN3O2+. The first-order chi connectivity index (χ1) is 15.0. The molecule has 0 radical (unpaired) electrons. The number of halogens is 1. The maximum atomic E-state index is 6.29. The third kappa shape index (κ3) is 3.19. The van der Waals surface area contributed by atoms with E-state index in [-0.39, 0.29) is 0 Å². The molecular weight excluding hydrogens is 410 g/mol. The number of aryl methyl sites for hydroxylation is 3. The quantitative estimate of drug-likeness (QED) is 0.518. The van der Waals surface area contributed by atoms with Crippen LogP contribution in [-0.4, -0.2) is 17.7 Å². The van der Waals surface area contributed by atoms with E-state index in [2.05, 4.69) is 59.9 Å². The molecule has 0 fully saturated rings. The Morgan fingerprint density at radius 2 is 1.87 bits per heavy atom. The first-order valence-electron chi connectivity index (χ1n) is 10.8. The lowest BCUT2D eigenvalue weighted by Crippen LogP contribution is -2.43. The second kappa shape index (κ2) is 7.65. The second-order valence-electron chi connectivity index (χ2n) is 7.99. The average Bonchev–Trinajstić information content (AvgIpc) is 3.26. The first kappa shape index (κ1) is 20.0. The van der Waals surface area contributed by atoms with Crippen molar-refractivity contribution in [2.24, 2.45) is 0 Å². The third-order valence-corrected chi connectivity index (χ3v) is 6.41. The van der Waals surface area contributed by atoms with Crippen molar-refractivity contribution in [3.63, 3.8) is 0 Å². The molecule has 0 spiro atoms. The minimum Gasteiger partial charge on any atom is -0.482 e. The summed E-state index contributed by atoms with van der Waals surface area (Å²) in [5.41, 5.74) is 5.92. The summed E-state index contributed by atoms with van der Waals surface area (Å²) in [6, 6.07) is 10.4. The number of ether oxygens (including phenoxy) is 2. The number of fused-ring (bicyclic) bond motifs is 4. The molecule has 0 unspecified atom stereocenters. The summed E-state index contributed by atoms with van der Waals surface area (Å²) in [5, 5.41) is 0.743. The van der Waals surface area contributed by atoms with E-state index in [4.69, 9.17) is 21.1 Å². The predicted molar refractivity (Wildman–Crippen MR) is 124 cm³/mol. The highest BCUT2D eigenvalue weighted by Gasteiger charge is 2.32. The lowest BCUT2D eigenvalue weighted by atomic mass is 10.1. The van der Waals surface area contributed by atoms with Gasteiger partial charge in [-0.25, -0.2) is 9.13 Å². The standard InChI is InChI=1S/C25H27ClN3O2/c1-5-27-21-13-16(3)17(4)14-23(21)31-24(27)10-9-22-25-28(6-2)20-15-18(26)7-8-19(20)29(25)11-12-30-22/h7-10,13-15H,5-6,11-12H2,1-4H3/q+1. The van der Waals surface area contributed by atoms with Crippen LogP contribution < -0.4 is 14.2 Å². The van der Waals surface area contributed by atoms with Crippen molar-refractivity contribution >= 4 is 34.1 Å². The van der Waals surface area contributed by atoms with E-state index >= 15 is 0 Å². The number of hydrogen-bond donors (Lipinski definition) is 0. The minimum atomic E-state index is 0.634. The number of imidazole rings is 1. The minimum absolute atomic E-state index is 0.634. The van der Waals surface area contributed by atoms with Crippen molar-refractivity contribution in [3.8, 4) is 5.75 Å². The molecule has 5 nitrogen and oxygen atoms in total. The summed E-state index contributed by atoms with van der Waals surface area (Å²) in [4.78, 5) is 2.20. The molecule has 6 heteroatoms. The Labute approximate surface area is 187 Å². The van der Waals surface area contributed by atoms with Gasteiger partial charge < -0.3 is 14.4 Å². The normalized spacial score (nSPS) is 17.8. The zero-order valence-corrected chi connectivity index (χ0v) is 19.2. The van der Waals surface area contributed by atoms with Crippen LogP contribution in [0.1, 0.15) is 30.8 Å². The highest BCUT2D eigenvalue weighted by Crippen LogP contribution is 2.40. The number of benzene rings is 2. The smallest absolute Gasteiger partial charge is 0.325 e. The van der Waals surface area contributed by atoms with E-state index < -0.39 is 0 Å².